The molecule has 120 valence electrons. The number of aromatic nitrogens is 4. The molecule has 7 nitrogen and oxygen atoms in total. The lowest BCUT2D eigenvalue weighted by molar-refractivity contribution is 0.586. The van der Waals surface area contributed by atoms with Gasteiger partial charge in [0.2, 0.25) is 0 Å². The van der Waals surface area contributed by atoms with E-state index in [0.29, 0.717) is 16.4 Å². The summed E-state index contributed by atoms with van der Waals surface area (Å²) in [6.45, 7) is 1.68. The van der Waals surface area contributed by atoms with Gasteiger partial charge in [0, 0.05) is 13.2 Å². The molecule has 0 amide bonds. The van der Waals surface area contributed by atoms with E-state index in [4.69, 9.17) is 11.6 Å². The van der Waals surface area contributed by atoms with Gasteiger partial charge in [-0.2, -0.15) is 5.10 Å². The summed E-state index contributed by atoms with van der Waals surface area (Å²) in [7, 11) is -2.83. The Bertz CT molecular complexity index is 1000. The van der Waals surface area contributed by atoms with Gasteiger partial charge in [0.25, 0.3) is 10.0 Å². The molecule has 0 aliphatic rings. The molecular weight excluding hydrogens is 345 g/mol. The van der Waals surface area contributed by atoms with Crippen LogP contribution in [-0.4, -0.2) is 35.0 Å². The number of fused-ring (bicyclic) bond motifs is 1. The maximum atomic E-state index is 13.8. The number of rotatable bonds is 3. The van der Waals surface area contributed by atoms with Crippen LogP contribution in [0, 0.1) is 12.7 Å². The number of pyridine rings is 1. The zero-order valence-corrected chi connectivity index (χ0v) is 13.7. The van der Waals surface area contributed by atoms with Crippen LogP contribution in [0.1, 0.15) is 5.69 Å². The topological polar surface area (TPSA) is 80.5 Å². The molecule has 0 bridgehead atoms. The predicted molar refractivity (Wildman–Crippen MR) is 82.5 cm³/mol. The molecule has 0 N–H and O–H groups in total. The van der Waals surface area contributed by atoms with Gasteiger partial charge in [-0.05, 0) is 19.1 Å². The Morgan fingerprint density at radius 3 is 2.78 bits per heavy atom. The van der Waals surface area contributed by atoms with Crippen LogP contribution in [0.4, 0.5) is 10.2 Å². The summed E-state index contributed by atoms with van der Waals surface area (Å²) in [4.78, 5) is 7.62. The molecule has 0 spiro atoms. The number of halogens is 2. The van der Waals surface area contributed by atoms with Crippen molar-refractivity contribution in [3.05, 3.63) is 47.3 Å². The summed E-state index contributed by atoms with van der Waals surface area (Å²) in [5.41, 5.74) is 0.868. The molecule has 10 heteroatoms. The number of sulfonamides is 1. The summed E-state index contributed by atoms with van der Waals surface area (Å²) in [6, 6.07) is 2.51. The summed E-state index contributed by atoms with van der Waals surface area (Å²) in [5.74, 6) is -1.05. The fourth-order valence-electron chi connectivity index (χ4n) is 2.01. The molecule has 0 aliphatic carbocycles. The highest BCUT2D eigenvalue weighted by Gasteiger charge is 2.26. The smallest absolute Gasteiger partial charge is 0.250 e. The first-order valence-electron chi connectivity index (χ1n) is 6.42. The normalized spacial score (nSPS) is 11.8. The average Bonchev–Trinajstić information content (AvgIpc) is 2.81. The van der Waals surface area contributed by atoms with Crippen molar-refractivity contribution in [3.8, 4) is 0 Å². The van der Waals surface area contributed by atoms with Gasteiger partial charge >= 0.3 is 0 Å². The number of hydrogen-bond acceptors (Lipinski definition) is 5. The van der Waals surface area contributed by atoms with Crippen LogP contribution in [0.5, 0.6) is 0 Å². The van der Waals surface area contributed by atoms with Crippen molar-refractivity contribution in [1.29, 1.82) is 0 Å². The van der Waals surface area contributed by atoms with Gasteiger partial charge in [-0.25, -0.2) is 27.3 Å². The molecule has 0 aliphatic heterocycles. The van der Waals surface area contributed by atoms with Crippen molar-refractivity contribution in [2.45, 2.75) is 11.8 Å². The van der Waals surface area contributed by atoms with E-state index in [1.54, 1.807) is 6.92 Å². The van der Waals surface area contributed by atoms with E-state index in [2.05, 4.69) is 15.1 Å². The maximum Gasteiger partial charge on any atom is 0.268 e. The highest BCUT2D eigenvalue weighted by molar-refractivity contribution is 7.92. The number of aryl methyl sites for hydroxylation is 1. The highest BCUT2D eigenvalue weighted by Crippen LogP contribution is 2.24. The second-order valence-corrected chi connectivity index (χ2v) is 7.09. The Hall–Kier alpha value is -2.26. The molecule has 0 fully saturated rings. The lowest BCUT2D eigenvalue weighted by atomic mass is 10.4. The van der Waals surface area contributed by atoms with E-state index in [9.17, 15) is 12.8 Å². The first kappa shape index (κ1) is 15.6. The van der Waals surface area contributed by atoms with Crippen molar-refractivity contribution in [3.63, 3.8) is 0 Å². The lowest BCUT2D eigenvalue weighted by Gasteiger charge is -2.18. The fraction of sp³-hybridized carbons (Fsp3) is 0.154. The Morgan fingerprint density at radius 1 is 1.35 bits per heavy atom. The van der Waals surface area contributed by atoms with Crippen molar-refractivity contribution in [1.82, 2.24) is 19.6 Å². The second kappa shape index (κ2) is 5.43. The SMILES string of the molecule is Cc1nn2cc(S(=O)(=O)N(C)c3ncccc3F)cnc2c1Cl. The summed E-state index contributed by atoms with van der Waals surface area (Å²) in [5, 5.41) is 4.43. The van der Waals surface area contributed by atoms with Crippen molar-refractivity contribution >= 4 is 33.1 Å². The second-order valence-electron chi connectivity index (χ2n) is 4.74. The molecule has 0 unspecified atom stereocenters. The third-order valence-corrected chi connectivity index (χ3v) is 5.39. The third kappa shape index (κ3) is 2.51. The molecular formula is C13H11ClFN5O2S. The molecule has 0 atom stereocenters. The van der Waals surface area contributed by atoms with Crippen molar-refractivity contribution < 1.29 is 12.8 Å². The Morgan fingerprint density at radius 2 is 2.09 bits per heavy atom. The van der Waals surface area contributed by atoms with E-state index < -0.39 is 15.8 Å². The van der Waals surface area contributed by atoms with E-state index in [-0.39, 0.29) is 10.7 Å². The molecule has 0 saturated heterocycles. The predicted octanol–water partition coefficient (Wildman–Crippen LogP) is 2.05. The third-order valence-electron chi connectivity index (χ3n) is 3.25. The lowest BCUT2D eigenvalue weighted by Crippen LogP contribution is -2.28. The minimum absolute atomic E-state index is 0.156. The Labute approximate surface area is 136 Å². The van der Waals surface area contributed by atoms with Gasteiger partial charge < -0.3 is 0 Å². The van der Waals surface area contributed by atoms with Gasteiger partial charge in [-0.3, -0.25) is 4.31 Å². The molecule has 23 heavy (non-hydrogen) atoms. The van der Waals surface area contributed by atoms with E-state index >= 15 is 0 Å². The molecule has 0 saturated carbocycles. The minimum atomic E-state index is -4.05. The molecule has 0 radical (unpaired) electrons. The van der Waals surface area contributed by atoms with Gasteiger partial charge in [0.1, 0.15) is 9.92 Å². The van der Waals surface area contributed by atoms with E-state index in [0.717, 1.165) is 16.6 Å². The monoisotopic (exact) mass is 355 g/mol. The summed E-state index contributed by atoms with van der Waals surface area (Å²) < 4.78 is 41.1. The van der Waals surface area contributed by atoms with Gasteiger partial charge in [-0.15, -0.1) is 0 Å². The number of hydrogen-bond donors (Lipinski definition) is 0. The fourth-order valence-corrected chi connectivity index (χ4v) is 3.28. The van der Waals surface area contributed by atoms with Crippen LogP contribution in [0.3, 0.4) is 0 Å². The van der Waals surface area contributed by atoms with Gasteiger partial charge in [-0.1, -0.05) is 11.6 Å². The number of nitrogens with zero attached hydrogens (tertiary/aromatic N) is 5. The van der Waals surface area contributed by atoms with Crippen LogP contribution in [0.2, 0.25) is 5.02 Å². The zero-order chi connectivity index (χ0) is 16.8. The van der Waals surface area contributed by atoms with Crippen molar-refractivity contribution in [2.24, 2.45) is 0 Å². The van der Waals surface area contributed by atoms with Crippen molar-refractivity contribution in [2.75, 3.05) is 11.4 Å². The maximum absolute atomic E-state index is 13.8. The average molecular weight is 356 g/mol. The highest BCUT2D eigenvalue weighted by atomic mass is 35.5. The molecule has 3 aromatic rings. The summed E-state index contributed by atoms with van der Waals surface area (Å²) in [6.07, 6.45) is 3.73. The van der Waals surface area contributed by atoms with Gasteiger partial charge in [0.05, 0.1) is 18.1 Å². The van der Waals surface area contributed by atoms with Gasteiger partial charge in [0.15, 0.2) is 17.3 Å². The van der Waals surface area contributed by atoms with Crippen LogP contribution in [-0.2, 0) is 10.0 Å². The Balaban J connectivity index is 2.11. The van der Waals surface area contributed by atoms with E-state index in [1.807, 2.05) is 0 Å². The summed E-state index contributed by atoms with van der Waals surface area (Å²) >= 11 is 6.02. The number of anilines is 1. The van der Waals surface area contributed by atoms with Crippen LogP contribution in [0.15, 0.2) is 35.6 Å². The molecule has 0 aromatic carbocycles. The van der Waals surface area contributed by atoms with Crippen LogP contribution in [0.25, 0.3) is 5.65 Å². The quantitative estimate of drug-likeness (QED) is 0.718. The van der Waals surface area contributed by atoms with E-state index in [1.165, 1.54) is 30.0 Å². The minimum Gasteiger partial charge on any atom is -0.250 e. The molecule has 3 rings (SSSR count). The molecule has 3 heterocycles. The van der Waals surface area contributed by atoms with Crippen LogP contribution < -0.4 is 4.31 Å². The first-order chi connectivity index (χ1) is 10.8. The zero-order valence-electron chi connectivity index (χ0n) is 12.1. The Kier molecular flexibility index (Phi) is 3.69. The largest absolute Gasteiger partial charge is 0.268 e. The standard InChI is InChI=1S/C13H11ClFN5O2S/c1-8-11(14)13-17-6-9(7-20(13)18-8)23(21,22)19(2)12-10(15)4-3-5-16-12/h3-7H,1-2H3. The van der Waals surface area contributed by atoms with Crippen LogP contribution >= 0.6 is 11.6 Å². The molecule has 3 aromatic heterocycles. The first-order valence-corrected chi connectivity index (χ1v) is 8.24.